The summed E-state index contributed by atoms with van der Waals surface area (Å²) in [7, 11) is 0. The summed E-state index contributed by atoms with van der Waals surface area (Å²) in [6.07, 6.45) is 3.25. The molecule has 0 fully saturated rings. The smallest absolute Gasteiger partial charge is 0.269 e. The molecule has 9 heteroatoms. The number of nitro benzene ring substituents is 1. The summed E-state index contributed by atoms with van der Waals surface area (Å²) < 4.78 is 1.63. The summed E-state index contributed by atoms with van der Waals surface area (Å²) in [6.45, 7) is 2.09. The van der Waals surface area contributed by atoms with E-state index >= 15 is 0 Å². The van der Waals surface area contributed by atoms with Gasteiger partial charge in [0.25, 0.3) is 11.2 Å². The highest BCUT2D eigenvalue weighted by atomic mass is 16.6. The topological polar surface area (TPSA) is 120 Å². The van der Waals surface area contributed by atoms with Crippen LogP contribution >= 0.6 is 0 Å². The first-order valence-corrected chi connectivity index (χ1v) is 8.14. The number of nitro groups is 1. The van der Waals surface area contributed by atoms with Crippen LogP contribution in [0.1, 0.15) is 11.3 Å². The molecule has 0 bridgehead atoms. The lowest BCUT2D eigenvalue weighted by atomic mass is 10.2. The van der Waals surface area contributed by atoms with Gasteiger partial charge in [0.05, 0.1) is 17.2 Å². The third-order valence-corrected chi connectivity index (χ3v) is 4.21. The molecule has 9 nitrogen and oxygen atoms in total. The Morgan fingerprint density at radius 3 is 2.52 bits per heavy atom. The van der Waals surface area contributed by atoms with Gasteiger partial charge < -0.3 is 4.98 Å². The molecule has 0 saturated carbocycles. The number of aromatic amines is 1. The average molecular weight is 362 g/mol. The first-order chi connectivity index (χ1) is 13.0. The van der Waals surface area contributed by atoms with Crippen LogP contribution in [0.5, 0.6) is 0 Å². The molecule has 0 atom stereocenters. The molecule has 4 aromatic rings. The van der Waals surface area contributed by atoms with Gasteiger partial charge in [-0.3, -0.25) is 19.9 Å². The summed E-state index contributed by atoms with van der Waals surface area (Å²) >= 11 is 0. The Morgan fingerprint density at radius 2 is 1.85 bits per heavy atom. The lowest BCUT2D eigenvalue weighted by Gasteiger charge is -2.05. The van der Waals surface area contributed by atoms with E-state index in [1.165, 1.54) is 12.1 Å². The lowest BCUT2D eigenvalue weighted by Crippen LogP contribution is -2.11. The Kier molecular flexibility index (Phi) is 3.96. The van der Waals surface area contributed by atoms with Gasteiger partial charge in [-0.05, 0) is 24.6 Å². The molecule has 0 saturated heterocycles. The van der Waals surface area contributed by atoms with Gasteiger partial charge in [-0.25, -0.2) is 9.67 Å². The maximum atomic E-state index is 12.5. The Morgan fingerprint density at radius 1 is 1.15 bits per heavy atom. The number of non-ortho nitro benzene ring substituents is 1. The fraction of sp³-hybridized carbons (Fsp3) is 0.111. The Bertz CT molecular complexity index is 1200. The van der Waals surface area contributed by atoms with Crippen molar-refractivity contribution >= 4 is 16.7 Å². The van der Waals surface area contributed by atoms with Crippen molar-refractivity contribution in [3.63, 3.8) is 0 Å². The molecule has 0 radical (unpaired) electrons. The highest BCUT2D eigenvalue weighted by Gasteiger charge is 2.15. The molecule has 134 valence electrons. The molecule has 0 aliphatic heterocycles. The summed E-state index contributed by atoms with van der Waals surface area (Å²) in [5.74, 6) is 0.430. The third-order valence-electron chi connectivity index (χ3n) is 4.21. The van der Waals surface area contributed by atoms with E-state index in [0.717, 1.165) is 11.1 Å². The minimum Gasteiger partial charge on any atom is -0.306 e. The molecular weight excluding hydrogens is 348 g/mol. The number of hydrogen-bond acceptors (Lipinski definition) is 6. The van der Waals surface area contributed by atoms with E-state index in [0.29, 0.717) is 29.1 Å². The summed E-state index contributed by atoms with van der Waals surface area (Å²) in [5, 5.41) is 15.6. The van der Waals surface area contributed by atoms with E-state index in [4.69, 9.17) is 0 Å². The zero-order valence-corrected chi connectivity index (χ0v) is 14.3. The predicted molar refractivity (Wildman–Crippen MR) is 98.3 cm³/mol. The number of nitrogens with zero attached hydrogens (tertiary/aromatic N) is 5. The van der Waals surface area contributed by atoms with Gasteiger partial charge in [-0.2, -0.15) is 5.10 Å². The Balaban J connectivity index is 1.80. The van der Waals surface area contributed by atoms with E-state index < -0.39 is 4.92 Å². The van der Waals surface area contributed by atoms with Crippen LogP contribution in [0.25, 0.3) is 22.4 Å². The molecule has 3 heterocycles. The quantitative estimate of drug-likeness (QED) is 0.440. The molecule has 3 aromatic heterocycles. The van der Waals surface area contributed by atoms with Crippen molar-refractivity contribution in [1.82, 2.24) is 24.7 Å². The maximum absolute atomic E-state index is 12.5. The fourth-order valence-corrected chi connectivity index (χ4v) is 2.91. The number of aromatic nitrogens is 5. The van der Waals surface area contributed by atoms with E-state index in [-0.39, 0.29) is 11.2 Å². The summed E-state index contributed by atoms with van der Waals surface area (Å²) in [5.41, 5.74) is 2.35. The van der Waals surface area contributed by atoms with Crippen LogP contribution in [0.15, 0.2) is 53.6 Å². The molecule has 0 aliphatic carbocycles. The SMILES string of the molecule is Cc1nn(Cc2ccc([N+](=O)[O-])cc2)c2nc(-c3ccncc3)[nH]c(=O)c12. The zero-order valence-electron chi connectivity index (χ0n) is 14.3. The lowest BCUT2D eigenvalue weighted by molar-refractivity contribution is -0.384. The second-order valence-corrected chi connectivity index (χ2v) is 6.02. The van der Waals surface area contributed by atoms with Crippen molar-refractivity contribution in [3.8, 4) is 11.4 Å². The van der Waals surface area contributed by atoms with Gasteiger partial charge in [0.2, 0.25) is 0 Å². The molecular formula is C18H14N6O3. The van der Waals surface area contributed by atoms with Crippen LogP contribution in [0.4, 0.5) is 5.69 Å². The maximum Gasteiger partial charge on any atom is 0.269 e. The van der Waals surface area contributed by atoms with E-state index in [9.17, 15) is 14.9 Å². The molecule has 4 rings (SSSR count). The molecule has 1 aromatic carbocycles. The Hall–Kier alpha value is -3.88. The molecule has 1 N–H and O–H groups in total. The van der Waals surface area contributed by atoms with Crippen LogP contribution in [0, 0.1) is 17.0 Å². The van der Waals surface area contributed by atoms with Crippen molar-refractivity contribution in [2.45, 2.75) is 13.5 Å². The van der Waals surface area contributed by atoms with Crippen LogP contribution < -0.4 is 5.56 Å². The monoisotopic (exact) mass is 362 g/mol. The molecule has 0 spiro atoms. The van der Waals surface area contributed by atoms with Crippen LogP contribution in [-0.2, 0) is 6.54 Å². The molecule has 27 heavy (non-hydrogen) atoms. The van der Waals surface area contributed by atoms with E-state index in [2.05, 4.69) is 20.1 Å². The highest BCUT2D eigenvalue weighted by Crippen LogP contribution is 2.19. The highest BCUT2D eigenvalue weighted by molar-refractivity contribution is 5.79. The van der Waals surface area contributed by atoms with E-state index in [1.807, 2.05) is 0 Å². The third kappa shape index (κ3) is 3.06. The van der Waals surface area contributed by atoms with Gasteiger partial charge >= 0.3 is 0 Å². The zero-order chi connectivity index (χ0) is 19.0. The molecule has 0 aliphatic rings. The van der Waals surface area contributed by atoms with Gasteiger partial charge in [-0.1, -0.05) is 12.1 Å². The minimum atomic E-state index is -0.445. The summed E-state index contributed by atoms with van der Waals surface area (Å²) in [6, 6.07) is 9.73. The van der Waals surface area contributed by atoms with Gasteiger partial charge in [-0.15, -0.1) is 0 Å². The minimum absolute atomic E-state index is 0.0230. The van der Waals surface area contributed by atoms with Gasteiger partial charge in [0.1, 0.15) is 11.2 Å². The fourth-order valence-electron chi connectivity index (χ4n) is 2.91. The van der Waals surface area contributed by atoms with Crippen molar-refractivity contribution < 1.29 is 4.92 Å². The van der Waals surface area contributed by atoms with Gasteiger partial charge in [0, 0.05) is 30.1 Å². The average Bonchev–Trinajstić information content (AvgIpc) is 2.99. The predicted octanol–water partition coefficient (Wildman–Crippen LogP) is 2.45. The van der Waals surface area contributed by atoms with Gasteiger partial charge in [0.15, 0.2) is 5.65 Å². The Labute approximate surface area is 152 Å². The normalized spacial score (nSPS) is 11.0. The second-order valence-electron chi connectivity index (χ2n) is 6.02. The van der Waals surface area contributed by atoms with Crippen molar-refractivity contribution in [3.05, 3.63) is 80.5 Å². The van der Waals surface area contributed by atoms with E-state index in [1.54, 1.807) is 48.3 Å². The second kappa shape index (κ2) is 6.45. The summed E-state index contributed by atoms with van der Waals surface area (Å²) in [4.78, 5) is 34.2. The first kappa shape index (κ1) is 16.6. The molecule has 0 unspecified atom stereocenters. The number of pyridine rings is 1. The largest absolute Gasteiger partial charge is 0.306 e. The standard InChI is InChI=1S/C18H14N6O3/c1-11-15-17(20-16(21-18(15)25)13-6-8-19-9-7-13)23(22-11)10-12-2-4-14(5-3-12)24(26)27/h2-9H,10H2,1H3,(H,20,21,25). The number of hydrogen-bond donors (Lipinski definition) is 1. The van der Waals surface area contributed by atoms with Crippen LogP contribution in [-0.4, -0.2) is 29.7 Å². The number of rotatable bonds is 4. The van der Waals surface area contributed by atoms with Crippen LogP contribution in [0.3, 0.4) is 0 Å². The number of benzene rings is 1. The van der Waals surface area contributed by atoms with Crippen LogP contribution in [0.2, 0.25) is 0 Å². The number of fused-ring (bicyclic) bond motifs is 1. The van der Waals surface area contributed by atoms with Crippen molar-refractivity contribution in [2.24, 2.45) is 0 Å². The number of nitrogens with one attached hydrogen (secondary N) is 1. The first-order valence-electron chi connectivity index (χ1n) is 8.14. The number of aryl methyl sites for hydroxylation is 1. The molecule has 0 amide bonds. The number of H-pyrrole nitrogens is 1. The van der Waals surface area contributed by atoms with Crippen molar-refractivity contribution in [1.29, 1.82) is 0 Å². The van der Waals surface area contributed by atoms with Crippen molar-refractivity contribution in [2.75, 3.05) is 0 Å².